The SMILES string of the molecule is CC(=O)N1[C@@H]2[C@@H](O)[C@H]3OC4(CCCCC4)O[C@H]3[C@@H]2OC1(C)C. The van der Waals surface area contributed by atoms with Crippen LogP contribution in [0.15, 0.2) is 0 Å². The Morgan fingerprint density at radius 3 is 2.32 bits per heavy atom. The molecular formula is C16H25NO5. The first-order valence-corrected chi connectivity index (χ1v) is 8.36. The fraction of sp³-hybridized carbons (Fsp3) is 0.938. The van der Waals surface area contributed by atoms with Gasteiger partial charge in [0.15, 0.2) is 5.79 Å². The van der Waals surface area contributed by atoms with Crippen LogP contribution in [-0.2, 0) is 19.0 Å². The maximum absolute atomic E-state index is 12.0. The Hall–Kier alpha value is -0.690. The van der Waals surface area contributed by atoms with Crippen molar-refractivity contribution in [1.29, 1.82) is 0 Å². The molecule has 6 heteroatoms. The van der Waals surface area contributed by atoms with Gasteiger partial charge in [-0.25, -0.2) is 0 Å². The lowest BCUT2D eigenvalue weighted by Gasteiger charge is -2.36. The van der Waals surface area contributed by atoms with E-state index >= 15 is 0 Å². The maximum atomic E-state index is 12.0. The maximum Gasteiger partial charge on any atom is 0.222 e. The van der Waals surface area contributed by atoms with E-state index in [-0.39, 0.29) is 24.2 Å². The third kappa shape index (κ3) is 1.90. The molecule has 4 rings (SSSR count). The Labute approximate surface area is 130 Å². The van der Waals surface area contributed by atoms with Gasteiger partial charge in [-0.1, -0.05) is 6.42 Å². The highest BCUT2D eigenvalue weighted by Gasteiger charge is 2.68. The topological polar surface area (TPSA) is 68.2 Å². The van der Waals surface area contributed by atoms with Crippen LogP contribution in [0.25, 0.3) is 0 Å². The lowest BCUT2D eigenvalue weighted by molar-refractivity contribution is -0.215. The molecular weight excluding hydrogens is 286 g/mol. The number of carbonyl (C=O) groups excluding carboxylic acids is 1. The van der Waals surface area contributed by atoms with Gasteiger partial charge < -0.3 is 24.2 Å². The number of hydrogen-bond acceptors (Lipinski definition) is 5. The van der Waals surface area contributed by atoms with Crippen molar-refractivity contribution < 1.29 is 24.1 Å². The summed E-state index contributed by atoms with van der Waals surface area (Å²) in [7, 11) is 0. The molecule has 0 radical (unpaired) electrons. The van der Waals surface area contributed by atoms with Crippen LogP contribution in [0.3, 0.4) is 0 Å². The highest BCUT2D eigenvalue weighted by molar-refractivity contribution is 5.75. The molecule has 6 nitrogen and oxygen atoms in total. The third-order valence-corrected chi connectivity index (χ3v) is 5.63. The predicted molar refractivity (Wildman–Crippen MR) is 76.8 cm³/mol. The molecule has 124 valence electrons. The molecule has 22 heavy (non-hydrogen) atoms. The summed E-state index contributed by atoms with van der Waals surface area (Å²) in [4.78, 5) is 13.7. The molecule has 2 saturated heterocycles. The number of ether oxygens (including phenoxy) is 3. The van der Waals surface area contributed by atoms with E-state index in [4.69, 9.17) is 14.2 Å². The van der Waals surface area contributed by atoms with Crippen LogP contribution >= 0.6 is 0 Å². The molecule has 1 amide bonds. The fourth-order valence-electron chi connectivity index (χ4n) is 4.86. The largest absolute Gasteiger partial charge is 0.388 e. The van der Waals surface area contributed by atoms with Crippen LogP contribution < -0.4 is 0 Å². The summed E-state index contributed by atoms with van der Waals surface area (Å²) in [6.45, 7) is 5.24. The molecule has 0 aromatic carbocycles. The lowest BCUT2D eigenvalue weighted by atomic mass is 9.94. The van der Waals surface area contributed by atoms with Crippen molar-refractivity contribution in [2.75, 3.05) is 0 Å². The van der Waals surface area contributed by atoms with Crippen LogP contribution in [0.2, 0.25) is 0 Å². The van der Waals surface area contributed by atoms with Gasteiger partial charge in [0, 0.05) is 19.8 Å². The van der Waals surface area contributed by atoms with Crippen LogP contribution in [0, 0.1) is 0 Å². The van der Waals surface area contributed by atoms with Gasteiger partial charge in [0.05, 0.1) is 6.04 Å². The summed E-state index contributed by atoms with van der Waals surface area (Å²) in [5.41, 5.74) is -0.723. The Morgan fingerprint density at radius 1 is 1.05 bits per heavy atom. The number of amides is 1. The summed E-state index contributed by atoms with van der Waals surface area (Å²) in [6, 6.07) is -0.386. The van der Waals surface area contributed by atoms with Crippen LogP contribution in [0.1, 0.15) is 52.9 Å². The summed E-state index contributed by atoms with van der Waals surface area (Å²) in [5.74, 6) is -0.639. The molecule has 2 heterocycles. The highest BCUT2D eigenvalue weighted by Crippen LogP contribution is 2.51. The van der Waals surface area contributed by atoms with Gasteiger partial charge in [-0.3, -0.25) is 4.79 Å². The minimum absolute atomic E-state index is 0.0936. The van der Waals surface area contributed by atoms with Gasteiger partial charge in [-0.15, -0.1) is 0 Å². The molecule has 5 atom stereocenters. The van der Waals surface area contributed by atoms with Gasteiger partial charge in [0.25, 0.3) is 0 Å². The van der Waals surface area contributed by atoms with Crippen LogP contribution in [0.4, 0.5) is 0 Å². The Bertz CT molecular complexity index is 487. The van der Waals surface area contributed by atoms with Crippen LogP contribution in [0.5, 0.6) is 0 Å². The monoisotopic (exact) mass is 311 g/mol. The van der Waals surface area contributed by atoms with Crippen molar-refractivity contribution in [3.05, 3.63) is 0 Å². The molecule has 0 aromatic heterocycles. The molecule has 1 spiro atoms. The van der Waals surface area contributed by atoms with Gasteiger partial charge >= 0.3 is 0 Å². The van der Waals surface area contributed by atoms with E-state index < -0.39 is 23.7 Å². The van der Waals surface area contributed by atoms with Gasteiger partial charge in [-0.2, -0.15) is 0 Å². The highest BCUT2D eigenvalue weighted by atomic mass is 16.8. The number of nitrogens with zero attached hydrogens (tertiary/aromatic N) is 1. The number of aliphatic hydroxyl groups excluding tert-OH is 1. The average Bonchev–Trinajstić information content (AvgIpc) is 3.00. The van der Waals surface area contributed by atoms with Crippen molar-refractivity contribution >= 4 is 5.91 Å². The third-order valence-electron chi connectivity index (χ3n) is 5.63. The quantitative estimate of drug-likeness (QED) is 0.727. The molecule has 1 N–H and O–H groups in total. The van der Waals surface area contributed by atoms with E-state index in [9.17, 15) is 9.90 Å². The minimum Gasteiger partial charge on any atom is -0.388 e. The zero-order chi connectivity index (χ0) is 15.7. The first-order valence-electron chi connectivity index (χ1n) is 8.36. The molecule has 0 aromatic rings. The van der Waals surface area contributed by atoms with E-state index in [1.807, 2.05) is 13.8 Å². The number of aliphatic hydroxyl groups is 1. The zero-order valence-corrected chi connectivity index (χ0v) is 13.4. The van der Waals surface area contributed by atoms with Crippen molar-refractivity contribution in [2.45, 2.75) is 94.8 Å². The van der Waals surface area contributed by atoms with Gasteiger partial charge in [0.2, 0.25) is 5.91 Å². The number of carbonyl (C=O) groups is 1. The molecule has 2 aliphatic carbocycles. The Morgan fingerprint density at radius 2 is 1.68 bits per heavy atom. The molecule has 4 aliphatic rings. The first kappa shape index (κ1) is 14.9. The van der Waals surface area contributed by atoms with Gasteiger partial charge in [-0.05, 0) is 26.7 Å². The Kier molecular flexibility index (Phi) is 3.15. The molecule has 0 unspecified atom stereocenters. The number of hydrogen-bond donors (Lipinski definition) is 1. The van der Waals surface area contributed by atoms with Gasteiger partial charge in [0.1, 0.15) is 30.1 Å². The first-order chi connectivity index (χ1) is 10.3. The second-order valence-electron chi connectivity index (χ2n) is 7.54. The summed E-state index contributed by atoms with van der Waals surface area (Å²) in [5, 5.41) is 10.8. The second-order valence-corrected chi connectivity index (χ2v) is 7.54. The predicted octanol–water partition coefficient (Wildman–Crippen LogP) is 1.16. The van der Waals surface area contributed by atoms with E-state index in [2.05, 4.69) is 0 Å². The number of fused-ring (bicyclic) bond motifs is 3. The van der Waals surface area contributed by atoms with Crippen molar-refractivity contribution in [3.63, 3.8) is 0 Å². The minimum atomic E-state index is -0.762. The lowest BCUT2D eigenvalue weighted by Crippen LogP contribution is -2.52. The Balaban J connectivity index is 1.62. The normalized spacial score (nSPS) is 45.1. The zero-order valence-electron chi connectivity index (χ0n) is 13.4. The summed E-state index contributed by atoms with van der Waals surface area (Å²) >= 11 is 0. The summed E-state index contributed by atoms with van der Waals surface area (Å²) in [6.07, 6.45) is 3.38. The van der Waals surface area contributed by atoms with Crippen molar-refractivity contribution in [1.82, 2.24) is 4.90 Å². The van der Waals surface area contributed by atoms with E-state index in [1.165, 1.54) is 13.3 Å². The average molecular weight is 311 g/mol. The van der Waals surface area contributed by atoms with Crippen LogP contribution in [-0.4, -0.2) is 57.9 Å². The summed E-state index contributed by atoms with van der Waals surface area (Å²) < 4.78 is 18.5. The molecule has 2 saturated carbocycles. The number of rotatable bonds is 0. The van der Waals surface area contributed by atoms with Crippen molar-refractivity contribution in [2.24, 2.45) is 0 Å². The van der Waals surface area contributed by atoms with E-state index in [0.717, 1.165) is 25.7 Å². The molecule has 0 bridgehead atoms. The second kappa shape index (κ2) is 4.66. The molecule has 4 fully saturated rings. The van der Waals surface area contributed by atoms with E-state index in [0.29, 0.717) is 0 Å². The standard InChI is InChI=1S/C16H25NO5/c1-9(18)17-10-11(19)13-14(12(10)20-15(17,2)3)22-16(21-13)7-5-4-6-8-16/h10-14,19H,4-8H2,1-3H3/t10-,11-,12-,13-,14+/m1/s1. The molecule has 2 aliphatic heterocycles. The smallest absolute Gasteiger partial charge is 0.222 e. The fourth-order valence-corrected chi connectivity index (χ4v) is 4.86. The van der Waals surface area contributed by atoms with Crippen molar-refractivity contribution in [3.8, 4) is 0 Å². The van der Waals surface area contributed by atoms with E-state index in [1.54, 1.807) is 4.90 Å².